The standard InChI is InChI=1S/C23H28N4O.ClH/c1-2-22-21-9-8-19(14-23(21)27(25-22)18-6-4-3-5-7-18)28-20-15-26(16-20)17-10-12-24-13-11-17;/h3-9,14,17,20,24H,2,10-13,15-16H2,1H3;1H. The van der Waals surface area contributed by atoms with Crippen LogP contribution in [-0.4, -0.2) is 53.0 Å². The predicted molar refractivity (Wildman–Crippen MR) is 120 cm³/mol. The number of aromatic nitrogens is 2. The van der Waals surface area contributed by atoms with Gasteiger partial charge in [-0.15, -0.1) is 12.4 Å². The molecule has 5 nitrogen and oxygen atoms in total. The third-order valence-electron chi connectivity index (χ3n) is 6.07. The van der Waals surface area contributed by atoms with Crippen LogP contribution in [0.25, 0.3) is 16.6 Å². The summed E-state index contributed by atoms with van der Waals surface area (Å²) in [5, 5.41) is 9.51. The minimum Gasteiger partial charge on any atom is -0.488 e. The summed E-state index contributed by atoms with van der Waals surface area (Å²) >= 11 is 0. The average molecular weight is 413 g/mol. The van der Waals surface area contributed by atoms with Crippen LogP contribution < -0.4 is 10.1 Å². The van der Waals surface area contributed by atoms with Gasteiger partial charge in [-0.05, 0) is 56.6 Å². The lowest BCUT2D eigenvalue weighted by Gasteiger charge is -2.45. The largest absolute Gasteiger partial charge is 0.488 e. The van der Waals surface area contributed by atoms with E-state index in [-0.39, 0.29) is 12.4 Å². The number of piperidine rings is 1. The number of halogens is 1. The molecular formula is C23H29ClN4O. The van der Waals surface area contributed by atoms with Crippen molar-refractivity contribution in [3.05, 3.63) is 54.2 Å². The van der Waals surface area contributed by atoms with Gasteiger partial charge >= 0.3 is 0 Å². The first-order chi connectivity index (χ1) is 13.8. The van der Waals surface area contributed by atoms with Crippen molar-refractivity contribution < 1.29 is 4.74 Å². The Labute approximate surface area is 178 Å². The molecule has 0 saturated carbocycles. The number of hydrogen-bond acceptors (Lipinski definition) is 4. The highest BCUT2D eigenvalue weighted by Crippen LogP contribution is 2.29. The van der Waals surface area contributed by atoms with E-state index in [2.05, 4.69) is 59.6 Å². The zero-order valence-corrected chi connectivity index (χ0v) is 17.7. The minimum atomic E-state index is 0. The van der Waals surface area contributed by atoms with Gasteiger partial charge in [-0.25, -0.2) is 4.68 Å². The van der Waals surface area contributed by atoms with E-state index >= 15 is 0 Å². The summed E-state index contributed by atoms with van der Waals surface area (Å²) in [7, 11) is 0. The minimum absolute atomic E-state index is 0. The molecule has 2 aliphatic rings. The number of benzene rings is 2. The molecule has 0 radical (unpaired) electrons. The van der Waals surface area contributed by atoms with Crippen molar-refractivity contribution >= 4 is 23.3 Å². The molecule has 0 spiro atoms. The van der Waals surface area contributed by atoms with E-state index < -0.39 is 0 Å². The number of likely N-dealkylation sites (tertiary alicyclic amines) is 1. The molecule has 1 aromatic heterocycles. The van der Waals surface area contributed by atoms with Gasteiger partial charge in [-0.3, -0.25) is 4.90 Å². The van der Waals surface area contributed by atoms with Gasteiger partial charge in [0.05, 0.1) is 16.9 Å². The molecule has 29 heavy (non-hydrogen) atoms. The number of nitrogens with zero attached hydrogens (tertiary/aromatic N) is 3. The van der Waals surface area contributed by atoms with Crippen LogP contribution in [0, 0.1) is 0 Å². The zero-order valence-electron chi connectivity index (χ0n) is 16.9. The Morgan fingerprint density at radius 1 is 1.07 bits per heavy atom. The molecule has 6 heteroatoms. The van der Waals surface area contributed by atoms with E-state index in [4.69, 9.17) is 9.84 Å². The van der Waals surface area contributed by atoms with Crippen LogP contribution in [0.5, 0.6) is 5.75 Å². The highest BCUT2D eigenvalue weighted by Gasteiger charge is 2.34. The van der Waals surface area contributed by atoms with Gasteiger partial charge < -0.3 is 10.1 Å². The fourth-order valence-electron chi connectivity index (χ4n) is 4.47. The molecule has 0 unspecified atom stereocenters. The van der Waals surface area contributed by atoms with Gasteiger partial charge in [0.1, 0.15) is 11.9 Å². The molecule has 154 valence electrons. The van der Waals surface area contributed by atoms with Crippen molar-refractivity contribution in [1.82, 2.24) is 20.0 Å². The summed E-state index contributed by atoms with van der Waals surface area (Å²) in [6, 6.07) is 17.5. The Hall–Kier alpha value is -2.08. The number of fused-ring (bicyclic) bond motifs is 1. The van der Waals surface area contributed by atoms with Crippen molar-refractivity contribution in [3.63, 3.8) is 0 Å². The average Bonchev–Trinajstić information content (AvgIpc) is 3.10. The molecule has 2 aliphatic heterocycles. The van der Waals surface area contributed by atoms with Crippen molar-refractivity contribution in [3.8, 4) is 11.4 Å². The quantitative estimate of drug-likeness (QED) is 0.691. The number of ether oxygens (including phenoxy) is 1. The van der Waals surface area contributed by atoms with Crippen LogP contribution in [0.4, 0.5) is 0 Å². The monoisotopic (exact) mass is 412 g/mol. The summed E-state index contributed by atoms with van der Waals surface area (Å²) in [5.41, 5.74) is 3.34. The smallest absolute Gasteiger partial charge is 0.124 e. The van der Waals surface area contributed by atoms with Crippen molar-refractivity contribution in [2.75, 3.05) is 26.2 Å². The summed E-state index contributed by atoms with van der Waals surface area (Å²) in [6.07, 6.45) is 3.74. The van der Waals surface area contributed by atoms with E-state index in [1.165, 1.54) is 18.2 Å². The lowest BCUT2D eigenvalue weighted by molar-refractivity contribution is -0.0168. The molecule has 5 rings (SSSR count). The van der Waals surface area contributed by atoms with E-state index in [0.29, 0.717) is 6.10 Å². The van der Waals surface area contributed by atoms with E-state index in [1.807, 2.05) is 10.7 Å². The third-order valence-corrected chi connectivity index (χ3v) is 6.07. The fraction of sp³-hybridized carbons (Fsp3) is 0.435. The lowest BCUT2D eigenvalue weighted by Crippen LogP contribution is -2.59. The second kappa shape index (κ2) is 8.74. The SMILES string of the molecule is CCc1nn(-c2ccccc2)c2cc(OC3CN(C4CCNCC4)C3)ccc12.Cl. The van der Waals surface area contributed by atoms with Crippen LogP contribution in [-0.2, 0) is 6.42 Å². The van der Waals surface area contributed by atoms with Gasteiger partial charge in [-0.1, -0.05) is 25.1 Å². The molecule has 3 heterocycles. The van der Waals surface area contributed by atoms with E-state index in [0.717, 1.165) is 61.3 Å². The second-order valence-corrected chi connectivity index (χ2v) is 7.90. The van der Waals surface area contributed by atoms with E-state index in [9.17, 15) is 0 Å². The van der Waals surface area contributed by atoms with Gasteiger partial charge in [0, 0.05) is 30.6 Å². The van der Waals surface area contributed by atoms with Crippen LogP contribution in [0.15, 0.2) is 48.5 Å². The molecule has 0 bridgehead atoms. The van der Waals surface area contributed by atoms with Crippen LogP contribution >= 0.6 is 12.4 Å². The first kappa shape index (κ1) is 20.2. The summed E-state index contributed by atoms with van der Waals surface area (Å²) in [4.78, 5) is 2.58. The van der Waals surface area contributed by atoms with Gasteiger partial charge in [0.25, 0.3) is 0 Å². The number of para-hydroxylation sites is 1. The Bertz CT molecular complexity index is 946. The number of nitrogens with one attached hydrogen (secondary N) is 1. The maximum Gasteiger partial charge on any atom is 0.124 e. The van der Waals surface area contributed by atoms with Crippen LogP contribution in [0.1, 0.15) is 25.5 Å². The number of hydrogen-bond donors (Lipinski definition) is 1. The van der Waals surface area contributed by atoms with Crippen LogP contribution in [0.2, 0.25) is 0 Å². The number of rotatable bonds is 5. The molecule has 3 aromatic rings. The molecule has 0 aliphatic carbocycles. The third kappa shape index (κ3) is 4.00. The molecule has 1 N–H and O–H groups in total. The Morgan fingerprint density at radius 3 is 2.55 bits per heavy atom. The first-order valence-electron chi connectivity index (χ1n) is 10.5. The van der Waals surface area contributed by atoms with Crippen molar-refractivity contribution in [1.29, 1.82) is 0 Å². The van der Waals surface area contributed by atoms with Gasteiger partial charge in [0.15, 0.2) is 0 Å². The summed E-state index contributed by atoms with van der Waals surface area (Å²) in [5.74, 6) is 0.946. The zero-order chi connectivity index (χ0) is 18.9. The van der Waals surface area contributed by atoms with Crippen molar-refractivity contribution in [2.45, 2.75) is 38.3 Å². The molecule has 2 aromatic carbocycles. The van der Waals surface area contributed by atoms with Crippen molar-refractivity contribution in [2.24, 2.45) is 0 Å². The summed E-state index contributed by atoms with van der Waals surface area (Å²) < 4.78 is 8.36. The Kier molecular flexibility index (Phi) is 6.09. The molecular weight excluding hydrogens is 384 g/mol. The topological polar surface area (TPSA) is 42.3 Å². The lowest BCUT2D eigenvalue weighted by atomic mass is 10.00. The second-order valence-electron chi connectivity index (χ2n) is 7.90. The Balaban J connectivity index is 0.00000205. The highest BCUT2D eigenvalue weighted by atomic mass is 35.5. The Morgan fingerprint density at radius 2 is 1.83 bits per heavy atom. The van der Waals surface area contributed by atoms with Gasteiger partial charge in [0.2, 0.25) is 0 Å². The number of aryl methyl sites for hydroxylation is 1. The molecule has 0 amide bonds. The molecule has 2 fully saturated rings. The molecule has 0 atom stereocenters. The first-order valence-corrected chi connectivity index (χ1v) is 10.5. The maximum atomic E-state index is 6.31. The van der Waals surface area contributed by atoms with E-state index in [1.54, 1.807) is 0 Å². The highest BCUT2D eigenvalue weighted by molar-refractivity contribution is 5.85. The van der Waals surface area contributed by atoms with Gasteiger partial charge in [-0.2, -0.15) is 5.10 Å². The summed E-state index contributed by atoms with van der Waals surface area (Å²) in [6.45, 7) is 6.53. The maximum absolute atomic E-state index is 6.31. The normalized spacial score (nSPS) is 18.4. The fourth-order valence-corrected chi connectivity index (χ4v) is 4.47. The predicted octanol–water partition coefficient (Wildman–Crippen LogP) is 3.82. The molecule has 2 saturated heterocycles. The van der Waals surface area contributed by atoms with Crippen LogP contribution in [0.3, 0.4) is 0 Å².